The number of amides is 2. The van der Waals surface area contributed by atoms with Gasteiger partial charge in [0.15, 0.2) is 0 Å². The Kier molecular flexibility index (Phi) is 7.32. The van der Waals surface area contributed by atoms with Crippen LogP contribution in [0, 0.1) is 0 Å². The Hall–Kier alpha value is -1.93. The van der Waals surface area contributed by atoms with Gasteiger partial charge in [0.1, 0.15) is 0 Å². The van der Waals surface area contributed by atoms with Crippen molar-refractivity contribution in [3.8, 4) is 0 Å². The maximum atomic E-state index is 11.4. The molecule has 1 atom stereocenters. The van der Waals surface area contributed by atoms with Crippen LogP contribution in [-0.2, 0) is 9.50 Å². The summed E-state index contributed by atoms with van der Waals surface area (Å²) in [6.45, 7) is 0.479. The fourth-order valence-electron chi connectivity index (χ4n) is 1.19. The number of nitrogens with two attached hydrogens (primary N) is 2. The Morgan fingerprint density at radius 3 is 2.53 bits per heavy atom. The van der Waals surface area contributed by atoms with Crippen LogP contribution in [0.2, 0.25) is 0 Å². The molecular weight excluding hydrogens is 225 g/mol. The molecule has 0 aliphatic carbocycles. The molecule has 0 aromatic heterocycles. The molecule has 0 bridgehead atoms. The van der Waals surface area contributed by atoms with Gasteiger partial charge in [0.2, 0.25) is 0 Å². The monoisotopic (exact) mass is 242 g/mol. The van der Waals surface area contributed by atoms with Crippen molar-refractivity contribution in [2.24, 2.45) is 11.5 Å². The van der Waals surface area contributed by atoms with Gasteiger partial charge in [-0.25, -0.2) is 0 Å². The first-order valence-electron chi connectivity index (χ1n) is 5.10. The molecule has 0 radical (unpaired) electrons. The summed E-state index contributed by atoms with van der Waals surface area (Å²) in [5, 5.41) is 4.69. The summed E-state index contributed by atoms with van der Waals surface area (Å²) in [7, 11) is 1.58. The number of carbonyl (C=O) groups is 2. The standard InChI is InChI=1S/C8H16BN5O3/c1-12-6(15)5(14-7(16)9-17)3-2-4-13-8(10)11/h5H,2-4H2,1H3,(H,12,15)(H,14,16)(H4,10,11,13)/p+1. The third-order valence-electron chi connectivity index (χ3n) is 1.99. The number of carbonyl (C=O) groups excluding carboxylic acids is 2. The van der Waals surface area contributed by atoms with Crippen molar-refractivity contribution in [2.45, 2.75) is 18.9 Å². The van der Waals surface area contributed by atoms with Gasteiger partial charge in [-0.1, -0.05) is 0 Å². The molecule has 0 aliphatic rings. The molecule has 0 spiro atoms. The summed E-state index contributed by atoms with van der Waals surface area (Å²) in [6.07, 6.45) is 0.939. The molecule has 7 N–H and O–H groups in total. The van der Waals surface area contributed by atoms with E-state index in [2.05, 4.69) is 15.6 Å². The van der Waals surface area contributed by atoms with Crippen LogP contribution in [-0.4, -0.2) is 44.5 Å². The van der Waals surface area contributed by atoms with Gasteiger partial charge in [-0.15, -0.1) is 0 Å². The van der Waals surface area contributed by atoms with E-state index < -0.39 is 11.8 Å². The first-order valence-corrected chi connectivity index (χ1v) is 5.10. The van der Waals surface area contributed by atoms with Crippen LogP contribution in [0.4, 0.5) is 4.79 Å². The second-order valence-electron chi connectivity index (χ2n) is 3.32. The third kappa shape index (κ3) is 7.04. The molecule has 0 saturated carbocycles. The van der Waals surface area contributed by atoms with E-state index in [1.807, 2.05) is 0 Å². The van der Waals surface area contributed by atoms with Gasteiger partial charge in [0, 0.05) is 0 Å². The van der Waals surface area contributed by atoms with Crippen LogP contribution >= 0.6 is 0 Å². The Bertz CT molecular complexity index is 316. The Balaban J connectivity index is 4.20. The fourth-order valence-corrected chi connectivity index (χ4v) is 1.19. The molecule has 0 aliphatic heterocycles. The minimum atomic E-state index is -0.823. The predicted molar refractivity (Wildman–Crippen MR) is 61.3 cm³/mol. The van der Waals surface area contributed by atoms with Gasteiger partial charge in [-0.3, -0.25) is 0 Å². The van der Waals surface area contributed by atoms with E-state index in [4.69, 9.17) is 11.5 Å². The first kappa shape index (κ1) is 15.1. The topological polar surface area (TPSA) is 141 Å². The second-order valence-corrected chi connectivity index (χ2v) is 3.32. The van der Waals surface area contributed by atoms with Crippen LogP contribution in [0.15, 0.2) is 0 Å². The maximum absolute atomic E-state index is 11.4. The Labute approximate surface area is 99.5 Å². The van der Waals surface area contributed by atoms with Crippen molar-refractivity contribution in [3.05, 3.63) is 0 Å². The fraction of sp³-hybridized carbons (Fsp3) is 0.625. The zero-order chi connectivity index (χ0) is 13.3. The molecule has 0 fully saturated rings. The van der Waals surface area contributed by atoms with Crippen LogP contribution < -0.4 is 27.1 Å². The number of rotatable bonds is 7. The van der Waals surface area contributed by atoms with E-state index in [9.17, 15) is 14.3 Å². The summed E-state index contributed by atoms with van der Waals surface area (Å²) >= 11 is 0. The number of hydrogen-bond acceptors (Lipinski definition) is 3. The van der Waals surface area contributed by atoms with Crippen LogP contribution in [0.1, 0.15) is 12.8 Å². The average Bonchev–Trinajstić information content (AvgIpc) is 2.31. The Morgan fingerprint density at radius 1 is 1.41 bits per heavy atom. The zero-order valence-corrected chi connectivity index (χ0v) is 9.66. The normalized spacial score (nSPS) is 10.9. The van der Waals surface area contributed by atoms with Crippen molar-refractivity contribution < 1.29 is 19.3 Å². The molecule has 0 saturated heterocycles. The average molecular weight is 242 g/mol. The van der Waals surface area contributed by atoms with Crippen molar-refractivity contribution in [2.75, 3.05) is 13.6 Å². The molecule has 0 aromatic rings. The van der Waals surface area contributed by atoms with Crippen molar-refractivity contribution >= 4 is 24.8 Å². The summed E-state index contributed by atoms with van der Waals surface area (Å²) in [6, 6.07) is -0.738. The summed E-state index contributed by atoms with van der Waals surface area (Å²) in [5.74, 6) is -1.08. The second kappa shape index (κ2) is 8.25. The van der Waals surface area contributed by atoms with Gasteiger partial charge >= 0.3 is 98.7 Å². The van der Waals surface area contributed by atoms with E-state index in [0.717, 1.165) is 0 Å². The predicted octanol–water partition coefficient (Wildman–Crippen LogP) is -4.01. The van der Waals surface area contributed by atoms with Crippen molar-refractivity contribution in [1.29, 1.82) is 0 Å². The number of guanidine groups is 1. The van der Waals surface area contributed by atoms with E-state index >= 15 is 0 Å². The van der Waals surface area contributed by atoms with Crippen LogP contribution in [0.25, 0.3) is 0 Å². The van der Waals surface area contributed by atoms with E-state index in [1.165, 1.54) is 7.05 Å². The van der Waals surface area contributed by atoms with E-state index in [1.54, 1.807) is 0 Å². The SMILES string of the molecule is CNC(=O)C(CCC[NH+]=C(N)N)NC(=O)B=O. The number of likely N-dealkylation sites (N-methyl/N-ethyl adjacent to an activating group) is 1. The molecule has 0 heterocycles. The molecule has 1 unspecified atom stereocenters. The zero-order valence-electron chi connectivity index (χ0n) is 9.66. The summed E-state index contributed by atoms with van der Waals surface area (Å²) in [5.41, 5.74) is 10.4. The quantitative estimate of drug-likeness (QED) is 0.134. The van der Waals surface area contributed by atoms with Gasteiger partial charge in [0.05, 0.1) is 0 Å². The van der Waals surface area contributed by atoms with Crippen molar-refractivity contribution in [3.63, 3.8) is 0 Å². The van der Waals surface area contributed by atoms with Gasteiger partial charge < -0.3 is 0 Å². The van der Waals surface area contributed by atoms with Crippen molar-refractivity contribution in [1.82, 2.24) is 10.6 Å². The summed E-state index contributed by atoms with van der Waals surface area (Å²) < 4.78 is 10.2. The molecule has 8 nitrogen and oxygen atoms in total. The van der Waals surface area contributed by atoms with Crippen LogP contribution in [0.3, 0.4) is 0 Å². The van der Waals surface area contributed by atoms with Crippen LogP contribution in [0.5, 0.6) is 0 Å². The molecular formula is C8H17BN5O3+. The molecule has 94 valence electrons. The van der Waals surface area contributed by atoms with E-state index in [0.29, 0.717) is 19.4 Å². The third-order valence-corrected chi connectivity index (χ3v) is 1.99. The molecule has 0 aromatic carbocycles. The number of nitrogens with one attached hydrogen (secondary N) is 3. The van der Waals surface area contributed by atoms with Gasteiger partial charge in [0.25, 0.3) is 0 Å². The molecule has 9 heteroatoms. The number of hydrogen-bond donors (Lipinski definition) is 5. The molecule has 0 rings (SSSR count). The molecule has 2 amide bonds. The summed E-state index contributed by atoms with van der Waals surface area (Å²) in [4.78, 5) is 24.9. The minimum absolute atomic E-state index is 0.0958. The van der Waals surface area contributed by atoms with Gasteiger partial charge in [-0.05, 0) is 0 Å². The first-order chi connectivity index (χ1) is 8.01. The van der Waals surface area contributed by atoms with Gasteiger partial charge in [-0.2, -0.15) is 0 Å². The molecule has 17 heavy (non-hydrogen) atoms. The van der Waals surface area contributed by atoms with E-state index in [-0.39, 0.29) is 19.0 Å². The Morgan fingerprint density at radius 2 is 2.06 bits per heavy atom.